The maximum Gasteiger partial charge on any atom is 0.236 e. The van der Waals surface area contributed by atoms with Crippen LogP contribution < -0.4 is 15.5 Å². The minimum atomic E-state index is -0.171. The monoisotopic (exact) mass is 519 g/mol. The second-order valence-electron chi connectivity index (χ2n) is 8.07. The second-order valence-corrected chi connectivity index (χ2v) is 9.87. The van der Waals surface area contributed by atoms with E-state index in [9.17, 15) is 4.79 Å². The molecule has 1 aliphatic heterocycles. The Bertz CT molecular complexity index is 1310. The fourth-order valence-corrected chi connectivity index (χ4v) is 4.86. The lowest BCUT2D eigenvalue weighted by molar-refractivity contribution is -0.113. The Hall–Kier alpha value is -3.54. The van der Waals surface area contributed by atoms with Crippen LogP contribution in [0.5, 0.6) is 0 Å². The van der Waals surface area contributed by atoms with Crippen molar-refractivity contribution in [1.82, 2.24) is 19.9 Å². The molecule has 9 nitrogen and oxygen atoms in total. The quantitative estimate of drug-likeness (QED) is 0.323. The van der Waals surface area contributed by atoms with Gasteiger partial charge in [-0.15, -0.1) is 11.3 Å². The Morgan fingerprint density at radius 2 is 1.81 bits per heavy atom. The number of nitrogens with zero attached hydrogens (tertiary/aromatic N) is 5. The van der Waals surface area contributed by atoms with Gasteiger partial charge in [-0.1, -0.05) is 59.8 Å². The molecule has 184 valence electrons. The lowest BCUT2D eigenvalue weighted by Crippen LogP contribution is -2.37. The first kappa shape index (κ1) is 24.2. The minimum absolute atomic E-state index is 0.150. The Morgan fingerprint density at radius 3 is 2.58 bits per heavy atom. The number of thioether (sulfide) groups is 1. The highest BCUT2D eigenvalue weighted by molar-refractivity contribution is 7.99. The molecule has 0 radical (unpaired) electrons. The van der Waals surface area contributed by atoms with E-state index in [1.165, 1.54) is 28.7 Å². The van der Waals surface area contributed by atoms with Gasteiger partial charge in [-0.05, 0) is 19.1 Å². The van der Waals surface area contributed by atoms with Gasteiger partial charge in [-0.25, -0.2) is 4.98 Å². The Kier molecular flexibility index (Phi) is 7.70. The van der Waals surface area contributed by atoms with Gasteiger partial charge < -0.3 is 20.3 Å². The standard InChI is InChI=1S/C25H25N7O2S2/c1-17-7-9-18(10-8-17)20-15-35-24(27-20)28-21(33)16-36-25-30-22(26-19-5-3-2-4-6-19)29-23(31-25)32-11-13-34-14-12-32/h2-10,15H,11-14,16H2,1H3,(H,27,28,33)(H,26,29,30,31). The highest BCUT2D eigenvalue weighted by atomic mass is 32.2. The largest absolute Gasteiger partial charge is 0.378 e. The number of para-hydroxylation sites is 1. The molecule has 1 aliphatic rings. The number of aromatic nitrogens is 4. The van der Waals surface area contributed by atoms with Gasteiger partial charge >= 0.3 is 0 Å². The molecule has 0 saturated carbocycles. The summed E-state index contributed by atoms with van der Waals surface area (Å²) >= 11 is 2.66. The molecule has 1 amide bonds. The van der Waals surface area contributed by atoms with Gasteiger partial charge in [0.1, 0.15) is 0 Å². The molecule has 0 bridgehead atoms. The van der Waals surface area contributed by atoms with Crippen molar-refractivity contribution in [3.8, 4) is 11.3 Å². The number of aryl methyl sites for hydroxylation is 1. The van der Waals surface area contributed by atoms with E-state index in [-0.39, 0.29) is 11.7 Å². The number of benzene rings is 2. The number of morpholine rings is 1. The van der Waals surface area contributed by atoms with Crippen LogP contribution in [0.3, 0.4) is 0 Å². The van der Waals surface area contributed by atoms with Crippen molar-refractivity contribution in [1.29, 1.82) is 0 Å². The molecule has 5 rings (SSSR count). The fraction of sp³-hybridized carbons (Fsp3) is 0.240. The SMILES string of the molecule is Cc1ccc(-c2csc(NC(=O)CSc3nc(Nc4ccccc4)nc(N4CCOCC4)n3)n2)cc1. The van der Waals surface area contributed by atoms with Crippen LogP contribution in [0.1, 0.15) is 5.56 Å². The number of amides is 1. The number of hydrogen-bond acceptors (Lipinski definition) is 10. The fourth-order valence-electron chi connectivity index (χ4n) is 3.50. The third-order valence-electron chi connectivity index (χ3n) is 5.36. The zero-order valence-electron chi connectivity index (χ0n) is 19.7. The van der Waals surface area contributed by atoms with Gasteiger partial charge in [-0.3, -0.25) is 4.79 Å². The number of carbonyl (C=O) groups is 1. The zero-order chi connectivity index (χ0) is 24.7. The van der Waals surface area contributed by atoms with Gasteiger partial charge in [-0.2, -0.15) is 15.0 Å². The molecular weight excluding hydrogens is 494 g/mol. The molecule has 1 saturated heterocycles. The average molecular weight is 520 g/mol. The number of thiazole rings is 1. The smallest absolute Gasteiger partial charge is 0.236 e. The molecule has 1 fully saturated rings. The van der Waals surface area contributed by atoms with E-state index in [1.54, 1.807) is 0 Å². The van der Waals surface area contributed by atoms with E-state index >= 15 is 0 Å². The van der Waals surface area contributed by atoms with E-state index in [2.05, 4.69) is 35.5 Å². The normalized spacial score (nSPS) is 13.4. The number of ether oxygens (including phenoxy) is 1. The summed E-state index contributed by atoms with van der Waals surface area (Å²) in [5.74, 6) is 0.979. The van der Waals surface area contributed by atoms with Crippen LogP contribution in [0, 0.1) is 6.92 Å². The van der Waals surface area contributed by atoms with Gasteiger partial charge in [0.2, 0.25) is 17.8 Å². The van der Waals surface area contributed by atoms with Crippen molar-refractivity contribution in [2.24, 2.45) is 0 Å². The number of rotatable bonds is 8. The van der Waals surface area contributed by atoms with Crippen LogP contribution >= 0.6 is 23.1 Å². The summed E-state index contributed by atoms with van der Waals surface area (Å²) in [7, 11) is 0. The summed E-state index contributed by atoms with van der Waals surface area (Å²) < 4.78 is 5.46. The lowest BCUT2D eigenvalue weighted by atomic mass is 10.1. The predicted octanol–water partition coefficient (Wildman–Crippen LogP) is 4.61. The number of nitrogens with one attached hydrogen (secondary N) is 2. The highest BCUT2D eigenvalue weighted by Gasteiger charge is 2.18. The van der Waals surface area contributed by atoms with E-state index in [0.717, 1.165) is 16.9 Å². The first-order valence-corrected chi connectivity index (χ1v) is 13.3. The molecular formula is C25H25N7O2S2. The molecule has 0 aliphatic carbocycles. The van der Waals surface area contributed by atoms with E-state index in [4.69, 9.17) is 4.74 Å². The molecule has 0 spiro atoms. The van der Waals surface area contributed by atoms with Crippen LogP contribution in [0.15, 0.2) is 65.1 Å². The van der Waals surface area contributed by atoms with Crippen LogP contribution in [0.2, 0.25) is 0 Å². The van der Waals surface area contributed by atoms with Crippen molar-refractivity contribution in [3.63, 3.8) is 0 Å². The summed E-state index contributed by atoms with van der Waals surface area (Å²) in [4.78, 5) is 33.0. The zero-order valence-corrected chi connectivity index (χ0v) is 21.3. The molecule has 2 aromatic carbocycles. The molecule has 11 heteroatoms. The molecule has 4 aromatic rings. The Balaban J connectivity index is 1.26. The van der Waals surface area contributed by atoms with Crippen LogP contribution in [-0.2, 0) is 9.53 Å². The van der Waals surface area contributed by atoms with Crippen LogP contribution in [-0.4, -0.2) is 57.9 Å². The van der Waals surface area contributed by atoms with Crippen molar-refractivity contribution < 1.29 is 9.53 Å². The van der Waals surface area contributed by atoms with Gasteiger partial charge in [0, 0.05) is 29.7 Å². The first-order valence-electron chi connectivity index (χ1n) is 11.5. The third-order valence-corrected chi connectivity index (χ3v) is 6.96. The van der Waals surface area contributed by atoms with Gasteiger partial charge in [0.05, 0.1) is 24.7 Å². The molecule has 0 unspecified atom stereocenters. The van der Waals surface area contributed by atoms with Crippen molar-refractivity contribution >= 4 is 51.7 Å². The third kappa shape index (κ3) is 6.36. The van der Waals surface area contributed by atoms with Gasteiger partial charge in [0.25, 0.3) is 0 Å². The number of anilines is 4. The summed E-state index contributed by atoms with van der Waals surface area (Å²) in [5, 5.41) is 9.08. The summed E-state index contributed by atoms with van der Waals surface area (Å²) in [6.07, 6.45) is 0. The first-order chi connectivity index (χ1) is 17.6. The Morgan fingerprint density at radius 1 is 1.03 bits per heavy atom. The second kappa shape index (κ2) is 11.5. The maximum atomic E-state index is 12.7. The molecule has 0 atom stereocenters. The Labute approximate surface area is 217 Å². The lowest BCUT2D eigenvalue weighted by Gasteiger charge is -2.27. The average Bonchev–Trinajstić information content (AvgIpc) is 3.37. The predicted molar refractivity (Wildman–Crippen MR) is 144 cm³/mol. The molecule has 2 aromatic heterocycles. The van der Waals surface area contributed by atoms with E-state index in [1.807, 2.05) is 66.9 Å². The van der Waals surface area contributed by atoms with E-state index in [0.29, 0.717) is 48.5 Å². The van der Waals surface area contributed by atoms with E-state index < -0.39 is 0 Å². The number of hydrogen-bond donors (Lipinski definition) is 2. The minimum Gasteiger partial charge on any atom is -0.378 e. The van der Waals surface area contributed by atoms with Crippen molar-refractivity contribution in [3.05, 3.63) is 65.5 Å². The topological polar surface area (TPSA) is 105 Å². The summed E-state index contributed by atoms with van der Waals surface area (Å²) in [6.45, 7) is 4.69. The van der Waals surface area contributed by atoms with Crippen LogP contribution in [0.25, 0.3) is 11.3 Å². The highest BCUT2D eigenvalue weighted by Crippen LogP contribution is 2.26. The van der Waals surface area contributed by atoms with Crippen molar-refractivity contribution in [2.75, 3.05) is 47.6 Å². The molecule has 3 heterocycles. The molecule has 2 N–H and O–H groups in total. The number of carbonyl (C=O) groups excluding carboxylic acids is 1. The summed E-state index contributed by atoms with van der Waals surface area (Å²) in [6, 6.07) is 17.9. The van der Waals surface area contributed by atoms with Crippen molar-refractivity contribution in [2.45, 2.75) is 12.1 Å². The van der Waals surface area contributed by atoms with Crippen LogP contribution in [0.4, 0.5) is 22.7 Å². The molecule has 36 heavy (non-hydrogen) atoms. The van der Waals surface area contributed by atoms with Gasteiger partial charge in [0.15, 0.2) is 10.3 Å². The summed E-state index contributed by atoms with van der Waals surface area (Å²) in [5.41, 5.74) is 3.92. The maximum absolute atomic E-state index is 12.7.